The molecule has 0 amide bonds. The molecule has 3 aromatic rings. The molecule has 4 heteroatoms. The van der Waals surface area contributed by atoms with Crippen molar-refractivity contribution >= 4 is 11.4 Å². The number of nitrogens with zero attached hydrogens (tertiary/aromatic N) is 1. The van der Waals surface area contributed by atoms with Gasteiger partial charge in [0.25, 0.3) is 0 Å². The number of oxazole rings is 1. The van der Waals surface area contributed by atoms with Crippen LogP contribution in [0.25, 0.3) is 0 Å². The van der Waals surface area contributed by atoms with Gasteiger partial charge in [-0.1, -0.05) is 24.3 Å². The predicted molar refractivity (Wildman–Crippen MR) is 79.2 cm³/mol. The van der Waals surface area contributed by atoms with E-state index in [4.69, 9.17) is 15.9 Å². The van der Waals surface area contributed by atoms with Gasteiger partial charge < -0.3 is 15.9 Å². The first kappa shape index (κ1) is 12.3. The van der Waals surface area contributed by atoms with Crippen molar-refractivity contribution in [2.45, 2.75) is 5.92 Å². The Balaban J connectivity index is 2.09. The predicted octanol–water partition coefficient (Wildman–Crippen LogP) is 3.02. The molecule has 4 N–H and O–H groups in total. The summed E-state index contributed by atoms with van der Waals surface area (Å²) in [5.41, 5.74) is 15.1. The first-order chi connectivity index (χ1) is 9.74. The summed E-state index contributed by atoms with van der Waals surface area (Å²) in [6.45, 7) is 0. The summed E-state index contributed by atoms with van der Waals surface area (Å²) in [4.78, 5) is 4.29. The molecule has 0 fully saturated rings. The van der Waals surface area contributed by atoms with Crippen LogP contribution in [-0.4, -0.2) is 4.98 Å². The third kappa shape index (κ3) is 2.36. The van der Waals surface area contributed by atoms with Crippen LogP contribution >= 0.6 is 0 Å². The lowest BCUT2D eigenvalue weighted by atomic mass is 9.91. The van der Waals surface area contributed by atoms with Gasteiger partial charge in [0.1, 0.15) is 6.26 Å². The van der Waals surface area contributed by atoms with E-state index in [1.54, 1.807) is 12.5 Å². The van der Waals surface area contributed by atoms with Gasteiger partial charge in [-0.25, -0.2) is 4.98 Å². The zero-order chi connectivity index (χ0) is 13.9. The highest BCUT2D eigenvalue weighted by Crippen LogP contribution is 2.31. The first-order valence-electron chi connectivity index (χ1n) is 6.34. The Bertz CT molecular complexity index is 627. The van der Waals surface area contributed by atoms with Crippen molar-refractivity contribution in [2.24, 2.45) is 0 Å². The van der Waals surface area contributed by atoms with Gasteiger partial charge in [-0.3, -0.25) is 0 Å². The highest BCUT2D eigenvalue weighted by Gasteiger charge is 2.20. The van der Waals surface area contributed by atoms with E-state index in [-0.39, 0.29) is 5.92 Å². The second-order valence-corrected chi connectivity index (χ2v) is 4.64. The van der Waals surface area contributed by atoms with Crippen molar-refractivity contribution in [1.82, 2.24) is 4.98 Å². The van der Waals surface area contributed by atoms with Gasteiger partial charge in [-0.05, 0) is 35.4 Å². The van der Waals surface area contributed by atoms with Crippen LogP contribution in [0.1, 0.15) is 22.9 Å². The van der Waals surface area contributed by atoms with E-state index in [9.17, 15) is 0 Å². The molecule has 0 spiro atoms. The minimum Gasteiger partial charge on any atom is -0.448 e. The number of rotatable bonds is 3. The van der Waals surface area contributed by atoms with Crippen LogP contribution in [0.5, 0.6) is 0 Å². The molecule has 100 valence electrons. The normalized spacial score (nSPS) is 10.8. The van der Waals surface area contributed by atoms with Crippen LogP contribution in [0.2, 0.25) is 0 Å². The number of anilines is 2. The standard InChI is InChI=1S/C16H15N3O/c17-13-5-1-11(2-6-13)15(16-19-9-10-20-16)12-3-7-14(18)8-4-12/h1-10,15H,17-18H2. The Labute approximate surface area is 117 Å². The van der Waals surface area contributed by atoms with Gasteiger partial charge in [-0.2, -0.15) is 0 Å². The van der Waals surface area contributed by atoms with Gasteiger partial charge >= 0.3 is 0 Å². The second kappa shape index (κ2) is 5.09. The van der Waals surface area contributed by atoms with E-state index in [1.807, 2.05) is 48.5 Å². The average Bonchev–Trinajstić information content (AvgIpc) is 2.97. The summed E-state index contributed by atoms with van der Waals surface area (Å²) in [5, 5.41) is 0. The van der Waals surface area contributed by atoms with Crippen LogP contribution in [0.15, 0.2) is 65.4 Å². The van der Waals surface area contributed by atoms with E-state index >= 15 is 0 Å². The number of aromatic nitrogens is 1. The molecule has 0 aliphatic heterocycles. The van der Waals surface area contributed by atoms with Gasteiger partial charge in [0.15, 0.2) is 0 Å². The van der Waals surface area contributed by atoms with Crippen LogP contribution < -0.4 is 11.5 Å². The summed E-state index contributed by atoms with van der Waals surface area (Å²) in [7, 11) is 0. The summed E-state index contributed by atoms with van der Waals surface area (Å²) < 4.78 is 5.49. The van der Waals surface area contributed by atoms with E-state index in [1.165, 1.54) is 0 Å². The van der Waals surface area contributed by atoms with Gasteiger partial charge in [0.05, 0.1) is 12.1 Å². The lowest BCUT2D eigenvalue weighted by molar-refractivity contribution is 0.488. The summed E-state index contributed by atoms with van der Waals surface area (Å²) in [5.74, 6) is 0.589. The third-order valence-corrected chi connectivity index (χ3v) is 3.24. The maximum atomic E-state index is 5.75. The molecule has 0 unspecified atom stereocenters. The maximum Gasteiger partial charge on any atom is 0.205 e. The molecular formula is C16H15N3O. The zero-order valence-corrected chi connectivity index (χ0v) is 10.9. The fraction of sp³-hybridized carbons (Fsp3) is 0.0625. The van der Waals surface area contributed by atoms with Crippen molar-refractivity contribution < 1.29 is 4.42 Å². The second-order valence-electron chi connectivity index (χ2n) is 4.64. The van der Waals surface area contributed by atoms with Crippen molar-refractivity contribution in [3.63, 3.8) is 0 Å². The Kier molecular flexibility index (Phi) is 3.13. The quantitative estimate of drug-likeness (QED) is 0.713. The molecule has 1 heterocycles. The van der Waals surface area contributed by atoms with Crippen molar-refractivity contribution in [3.8, 4) is 0 Å². The van der Waals surface area contributed by atoms with Crippen LogP contribution in [0.4, 0.5) is 11.4 Å². The Morgan fingerprint density at radius 3 is 1.70 bits per heavy atom. The molecule has 0 saturated carbocycles. The van der Waals surface area contributed by atoms with Crippen LogP contribution in [0.3, 0.4) is 0 Å². The maximum absolute atomic E-state index is 5.75. The minimum absolute atomic E-state index is 0.0637. The van der Waals surface area contributed by atoms with Crippen molar-refractivity contribution in [2.75, 3.05) is 11.5 Å². The lowest BCUT2D eigenvalue weighted by Crippen LogP contribution is -2.04. The number of nitrogens with two attached hydrogens (primary N) is 2. The molecule has 2 aromatic carbocycles. The SMILES string of the molecule is Nc1ccc(C(c2ccc(N)cc2)c2ncco2)cc1. The molecular weight excluding hydrogens is 250 g/mol. The molecule has 0 bridgehead atoms. The largest absolute Gasteiger partial charge is 0.448 e. The number of benzene rings is 2. The number of nitrogen functional groups attached to an aromatic ring is 2. The molecule has 3 rings (SSSR count). The number of hydrogen-bond acceptors (Lipinski definition) is 4. The molecule has 0 aliphatic carbocycles. The van der Waals surface area contributed by atoms with E-state index in [0.717, 1.165) is 22.5 Å². The van der Waals surface area contributed by atoms with E-state index in [2.05, 4.69) is 4.98 Å². The zero-order valence-electron chi connectivity index (χ0n) is 10.9. The molecule has 0 atom stereocenters. The van der Waals surface area contributed by atoms with E-state index < -0.39 is 0 Å². The highest BCUT2D eigenvalue weighted by atomic mass is 16.3. The molecule has 0 aliphatic rings. The Morgan fingerprint density at radius 2 is 1.30 bits per heavy atom. The van der Waals surface area contributed by atoms with Crippen molar-refractivity contribution in [1.29, 1.82) is 0 Å². The Hall–Kier alpha value is -2.75. The summed E-state index contributed by atoms with van der Waals surface area (Å²) >= 11 is 0. The topological polar surface area (TPSA) is 78.1 Å². The average molecular weight is 265 g/mol. The van der Waals surface area contributed by atoms with Crippen LogP contribution in [-0.2, 0) is 0 Å². The molecule has 0 saturated heterocycles. The third-order valence-electron chi connectivity index (χ3n) is 3.24. The molecule has 20 heavy (non-hydrogen) atoms. The first-order valence-corrected chi connectivity index (χ1v) is 6.34. The smallest absolute Gasteiger partial charge is 0.205 e. The molecule has 0 radical (unpaired) electrons. The van der Waals surface area contributed by atoms with Gasteiger partial charge in [0.2, 0.25) is 5.89 Å². The van der Waals surface area contributed by atoms with Gasteiger partial charge in [0, 0.05) is 11.4 Å². The fourth-order valence-corrected chi connectivity index (χ4v) is 2.23. The van der Waals surface area contributed by atoms with Crippen molar-refractivity contribution in [3.05, 3.63) is 78.0 Å². The monoisotopic (exact) mass is 265 g/mol. The van der Waals surface area contributed by atoms with Gasteiger partial charge in [-0.15, -0.1) is 0 Å². The molecule has 4 nitrogen and oxygen atoms in total. The Morgan fingerprint density at radius 1 is 0.800 bits per heavy atom. The van der Waals surface area contributed by atoms with Crippen LogP contribution in [0, 0.1) is 0 Å². The summed E-state index contributed by atoms with van der Waals surface area (Å²) in [6.07, 6.45) is 3.23. The fourth-order valence-electron chi connectivity index (χ4n) is 2.23. The minimum atomic E-state index is -0.0637. The van der Waals surface area contributed by atoms with E-state index in [0.29, 0.717) is 5.89 Å². The lowest BCUT2D eigenvalue weighted by Gasteiger charge is -2.15. The highest BCUT2D eigenvalue weighted by molar-refractivity contribution is 5.47. The number of hydrogen-bond donors (Lipinski definition) is 2. The summed E-state index contributed by atoms with van der Waals surface area (Å²) in [6, 6.07) is 15.5. The molecule has 1 aromatic heterocycles.